The Morgan fingerprint density at radius 2 is 2.17 bits per heavy atom. The third-order valence-electron chi connectivity index (χ3n) is 3.10. The van der Waals surface area contributed by atoms with E-state index in [-0.39, 0.29) is 0 Å². The summed E-state index contributed by atoms with van der Waals surface area (Å²) in [5.74, 6) is 2.08. The summed E-state index contributed by atoms with van der Waals surface area (Å²) in [5.41, 5.74) is 2.48. The third-order valence-corrected chi connectivity index (χ3v) is 3.10. The van der Waals surface area contributed by atoms with Crippen LogP contribution in [0.25, 0.3) is 0 Å². The summed E-state index contributed by atoms with van der Waals surface area (Å²) in [6.07, 6.45) is 5.05. The molecule has 4 heteroatoms. The monoisotopic (exact) mass is 247 g/mol. The van der Waals surface area contributed by atoms with Gasteiger partial charge in [0.25, 0.3) is 0 Å². The molecule has 0 atom stereocenters. The SMILES string of the molecule is CCc1ccc(CNCCCc2cn[nH]c2C)o1. The highest BCUT2D eigenvalue weighted by atomic mass is 16.3. The Hall–Kier alpha value is -1.55. The molecular formula is C14H21N3O. The molecule has 2 aromatic heterocycles. The van der Waals surface area contributed by atoms with Crippen molar-refractivity contribution in [2.24, 2.45) is 0 Å². The van der Waals surface area contributed by atoms with Gasteiger partial charge in [-0.05, 0) is 44.0 Å². The molecule has 0 aliphatic carbocycles. The van der Waals surface area contributed by atoms with Gasteiger partial charge in [0.15, 0.2) is 0 Å². The largest absolute Gasteiger partial charge is 0.465 e. The highest BCUT2D eigenvalue weighted by molar-refractivity contribution is 5.14. The fourth-order valence-electron chi connectivity index (χ4n) is 1.95. The lowest BCUT2D eigenvalue weighted by molar-refractivity contribution is 0.449. The highest BCUT2D eigenvalue weighted by Crippen LogP contribution is 2.08. The number of hydrogen-bond donors (Lipinski definition) is 2. The summed E-state index contributed by atoms with van der Waals surface area (Å²) in [6, 6.07) is 4.10. The van der Waals surface area contributed by atoms with Gasteiger partial charge in [-0.2, -0.15) is 5.10 Å². The first kappa shape index (κ1) is 12.9. The second-order valence-electron chi connectivity index (χ2n) is 4.52. The van der Waals surface area contributed by atoms with E-state index in [0.29, 0.717) is 0 Å². The van der Waals surface area contributed by atoms with Gasteiger partial charge in [0, 0.05) is 12.1 Å². The topological polar surface area (TPSA) is 53.9 Å². The van der Waals surface area contributed by atoms with Gasteiger partial charge in [-0.15, -0.1) is 0 Å². The van der Waals surface area contributed by atoms with E-state index in [2.05, 4.69) is 29.4 Å². The van der Waals surface area contributed by atoms with E-state index >= 15 is 0 Å². The van der Waals surface area contributed by atoms with Crippen LogP contribution in [-0.4, -0.2) is 16.7 Å². The van der Waals surface area contributed by atoms with Crippen LogP contribution in [0.5, 0.6) is 0 Å². The number of H-pyrrole nitrogens is 1. The summed E-state index contributed by atoms with van der Waals surface area (Å²) < 4.78 is 5.63. The van der Waals surface area contributed by atoms with Crippen molar-refractivity contribution in [3.8, 4) is 0 Å². The van der Waals surface area contributed by atoms with Crippen LogP contribution in [0.2, 0.25) is 0 Å². The Bertz CT molecular complexity index is 473. The van der Waals surface area contributed by atoms with Gasteiger partial charge in [0.05, 0.1) is 12.7 Å². The van der Waals surface area contributed by atoms with Crippen molar-refractivity contribution in [1.82, 2.24) is 15.5 Å². The maximum absolute atomic E-state index is 5.63. The molecule has 98 valence electrons. The first-order chi connectivity index (χ1) is 8.79. The average molecular weight is 247 g/mol. The Morgan fingerprint density at radius 1 is 1.33 bits per heavy atom. The molecule has 18 heavy (non-hydrogen) atoms. The van der Waals surface area contributed by atoms with Crippen LogP contribution in [0.4, 0.5) is 0 Å². The summed E-state index contributed by atoms with van der Waals surface area (Å²) >= 11 is 0. The maximum atomic E-state index is 5.63. The van der Waals surface area contributed by atoms with Crippen molar-refractivity contribution in [1.29, 1.82) is 0 Å². The molecule has 0 fully saturated rings. The maximum Gasteiger partial charge on any atom is 0.117 e. The molecular weight excluding hydrogens is 226 g/mol. The van der Waals surface area contributed by atoms with Gasteiger partial charge in [0.2, 0.25) is 0 Å². The third kappa shape index (κ3) is 3.47. The van der Waals surface area contributed by atoms with E-state index in [1.54, 1.807) is 0 Å². The van der Waals surface area contributed by atoms with Crippen molar-refractivity contribution in [2.45, 2.75) is 39.7 Å². The lowest BCUT2D eigenvalue weighted by atomic mass is 10.1. The summed E-state index contributed by atoms with van der Waals surface area (Å²) in [7, 11) is 0. The van der Waals surface area contributed by atoms with Gasteiger partial charge < -0.3 is 9.73 Å². The predicted octanol–water partition coefficient (Wildman–Crippen LogP) is 2.60. The van der Waals surface area contributed by atoms with Gasteiger partial charge in [-0.25, -0.2) is 0 Å². The molecule has 0 aromatic carbocycles. The quantitative estimate of drug-likeness (QED) is 0.739. The average Bonchev–Trinajstić information content (AvgIpc) is 2.98. The summed E-state index contributed by atoms with van der Waals surface area (Å²) in [6.45, 7) is 5.96. The number of rotatable bonds is 7. The number of furan rings is 1. The van der Waals surface area contributed by atoms with Gasteiger partial charge in [-0.3, -0.25) is 5.10 Å². The van der Waals surface area contributed by atoms with Crippen molar-refractivity contribution in [2.75, 3.05) is 6.54 Å². The first-order valence-corrected chi connectivity index (χ1v) is 6.56. The number of aromatic amines is 1. The Kier molecular flexibility index (Phi) is 4.59. The molecule has 0 radical (unpaired) electrons. The van der Waals surface area contributed by atoms with Gasteiger partial charge in [-0.1, -0.05) is 6.92 Å². The minimum Gasteiger partial charge on any atom is -0.465 e. The lowest BCUT2D eigenvalue weighted by Gasteiger charge is -2.02. The first-order valence-electron chi connectivity index (χ1n) is 6.56. The number of hydrogen-bond acceptors (Lipinski definition) is 3. The molecule has 0 aliphatic heterocycles. The second kappa shape index (κ2) is 6.40. The fraction of sp³-hybridized carbons (Fsp3) is 0.500. The molecule has 2 N–H and O–H groups in total. The molecule has 0 saturated heterocycles. The minimum absolute atomic E-state index is 0.810. The van der Waals surface area contributed by atoms with Crippen LogP contribution in [-0.2, 0) is 19.4 Å². The standard InChI is InChI=1S/C14H21N3O/c1-3-13-6-7-14(18-13)10-15-8-4-5-12-9-16-17-11(12)2/h6-7,9,15H,3-5,8,10H2,1-2H3,(H,16,17). The predicted molar refractivity (Wildman–Crippen MR) is 71.4 cm³/mol. The molecule has 0 bridgehead atoms. The zero-order chi connectivity index (χ0) is 12.8. The molecule has 0 spiro atoms. The summed E-state index contributed by atoms with van der Waals surface area (Å²) in [5, 5.41) is 10.4. The van der Waals surface area contributed by atoms with Gasteiger partial charge in [0.1, 0.15) is 11.5 Å². The zero-order valence-corrected chi connectivity index (χ0v) is 11.1. The zero-order valence-electron chi connectivity index (χ0n) is 11.1. The molecule has 0 unspecified atom stereocenters. The molecule has 2 heterocycles. The molecule has 0 saturated carbocycles. The van der Waals surface area contributed by atoms with Crippen LogP contribution in [0.1, 0.15) is 36.1 Å². The van der Waals surface area contributed by atoms with E-state index in [9.17, 15) is 0 Å². The molecule has 0 aliphatic rings. The highest BCUT2D eigenvalue weighted by Gasteiger charge is 2.01. The Labute approximate surface area is 108 Å². The minimum atomic E-state index is 0.810. The Balaban J connectivity index is 1.63. The number of nitrogens with zero attached hydrogens (tertiary/aromatic N) is 1. The lowest BCUT2D eigenvalue weighted by Crippen LogP contribution is -2.14. The van der Waals surface area contributed by atoms with E-state index in [1.807, 2.05) is 18.3 Å². The van der Waals surface area contributed by atoms with Crippen LogP contribution in [0, 0.1) is 6.92 Å². The Morgan fingerprint density at radius 3 is 2.83 bits per heavy atom. The number of nitrogens with one attached hydrogen (secondary N) is 2. The number of aryl methyl sites for hydroxylation is 3. The second-order valence-corrected chi connectivity index (χ2v) is 4.52. The molecule has 2 rings (SSSR count). The van der Waals surface area contributed by atoms with Crippen LogP contribution < -0.4 is 5.32 Å². The van der Waals surface area contributed by atoms with Crippen LogP contribution >= 0.6 is 0 Å². The van der Waals surface area contributed by atoms with Crippen molar-refractivity contribution in [3.63, 3.8) is 0 Å². The van der Waals surface area contributed by atoms with E-state index in [0.717, 1.165) is 43.9 Å². The molecule has 0 amide bonds. The summed E-state index contributed by atoms with van der Waals surface area (Å²) in [4.78, 5) is 0. The normalized spacial score (nSPS) is 11.0. The van der Waals surface area contributed by atoms with Crippen molar-refractivity contribution in [3.05, 3.63) is 41.1 Å². The fourth-order valence-corrected chi connectivity index (χ4v) is 1.95. The number of aromatic nitrogens is 2. The molecule has 2 aromatic rings. The van der Waals surface area contributed by atoms with Crippen LogP contribution in [0.15, 0.2) is 22.7 Å². The van der Waals surface area contributed by atoms with Crippen molar-refractivity contribution < 1.29 is 4.42 Å². The van der Waals surface area contributed by atoms with E-state index in [1.165, 1.54) is 11.3 Å². The molecule has 4 nitrogen and oxygen atoms in total. The van der Waals surface area contributed by atoms with Crippen molar-refractivity contribution >= 4 is 0 Å². The van der Waals surface area contributed by atoms with Crippen LogP contribution in [0.3, 0.4) is 0 Å². The van der Waals surface area contributed by atoms with E-state index < -0.39 is 0 Å². The smallest absolute Gasteiger partial charge is 0.117 e. The van der Waals surface area contributed by atoms with Gasteiger partial charge >= 0.3 is 0 Å². The van der Waals surface area contributed by atoms with E-state index in [4.69, 9.17) is 4.42 Å².